The standard InChI is InChI=1S/C10H20N2O2S2/c1-8(2)16-7-10(14)12-5-4-11-9(13)6-15-3/h8H,4-7H2,1-3H3,(H,11,13)(H,12,14). The zero-order valence-electron chi connectivity index (χ0n) is 10.0. The molecular formula is C10H20N2O2S2. The molecule has 0 fully saturated rings. The van der Waals surface area contributed by atoms with Crippen molar-refractivity contribution in [1.82, 2.24) is 10.6 Å². The van der Waals surface area contributed by atoms with Crippen LogP contribution in [0.25, 0.3) is 0 Å². The number of hydrogen-bond acceptors (Lipinski definition) is 4. The van der Waals surface area contributed by atoms with Gasteiger partial charge in [0.25, 0.3) is 0 Å². The van der Waals surface area contributed by atoms with E-state index in [0.717, 1.165) is 0 Å². The van der Waals surface area contributed by atoms with Crippen LogP contribution in [0, 0.1) is 0 Å². The number of nitrogens with one attached hydrogen (secondary N) is 2. The molecule has 6 heteroatoms. The van der Waals surface area contributed by atoms with Gasteiger partial charge in [-0.2, -0.15) is 11.8 Å². The van der Waals surface area contributed by atoms with E-state index in [0.29, 0.717) is 29.8 Å². The highest BCUT2D eigenvalue weighted by molar-refractivity contribution is 8.00. The average Bonchev–Trinajstić information content (AvgIpc) is 2.22. The molecule has 0 aromatic rings. The third-order valence-electron chi connectivity index (χ3n) is 1.59. The average molecular weight is 264 g/mol. The first-order valence-electron chi connectivity index (χ1n) is 5.20. The molecule has 0 rings (SSSR count). The minimum atomic E-state index is 0.0123. The number of carbonyl (C=O) groups is 2. The molecule has 16 heavy (non-hydrogen) atoms. The van der Waals surface area contributed by atoms with Gasteiger partial charge in [-0.25, -0.2) is 0 Å². The van der Waals surface area contributed by atoms with E-state index in [1.165, 1.54) is 11.8 Å². The van der Waals surface area contributed by atoms with Crippen molar-refractivity contribution in [2.75, 3.05) is 30.9 Å². The minimum Gasteiger partial charge on any atom is -0.354 e. The lowest BCUT2D eigenvalue weighted by molar-refractivity contribution is -0.120. The van der Waals surface area contributed by atoms with Gasteiger partial charge in [0.15, 0.2) is 0 Å². The summed E-state index contributed by atoms with van der Waals surface area (Å²) in [5.74, 6) is 0.990. The second kappa shape index (κ2) is 9.84. The smallest absolute Gasteiger partial charge is 0.230 e. The van der Waals surface area contributed by atoms with Gasteiger partial charge in [-0.05, 0) is 11.5 Å². The molecular weight excluding hydrogens is 244 g/mol. The molecule has 0 aromatic carbocycles. The van der Waals surface area contributed by atoms with Gasteiger partial charge in [0.05, 0.1) is 11.5 Å². The maximum absolute atomic E-state index is 11.3. The zero-order chi connectivity index (χ0) is 12.4. The summed E-state index contributed by atoms with van der Waals surface area (Å²) < 4.78 is 0. The maximum atomic E-state index is 11.3. The molecule has 2 N–H and O–H groups in total. The monoisotopic (exact) mass is 264 g/mol. The SMILES string of the molecule is CSCC(=O)NCCNC(=O)CSC(C)C. The Morgan fingerprint density at radius 2 is 1.56 bits per heavy atom. The molecule has 0 heterocycles. The predicted octanol–water partition coefficient (Wildman–Crippen LogP) is 0.723. The zero-order valence-corrected chi connectivity index (χ0v) is 11.7. The fraction of sp³-hybridized carbons (Fsp3) is 0.800. The predicted molar refractivity (Wildman–Crippen MR) is 72.0 cm³/mol. The van der Waals surface area contributed by atoms with Gasteiger partial charge in [-0.15, -0.1) is 11.8 Å². The number of amides is 2. The Balaban J connectivity index is 3.37. The van der Waals surface area contributed by atoms with Crippen LogP contribution in [-0.4, -0.2) is 47.9 Å². The van der Waals surface area contributed by atoms with Crippen LogP contribution in [0.5, 0.6) is 0 Å². The topological polar surface area (TPSA) is 58.2 Å². The quantitative estimate of drug-likeness (QED) is 0.634. The first-order valence-corrected chi connectivity index (χ1v) is 7.64. The summed E-state index contributed by atoms with van der Waals surface area (Å²) in [6.07, 6.45) is 1.88. The molecule has 94 valence electrons. The fourth-order valence-electron chi connectivity index (χ4n) is 0.879. The third-order valence-corrected chi connectivity index (χ3v) is 3.24. The highest BCUT2D eigenvalue weighted by Crippen LogP contribution is 2.07. The van der Waals surface area contributed by atoms with Gasteiger partial charge in [-0.1, -0.05) is 13.8 Å². The molecule has 0 unspecified atom stereocenters. The number of thioether (sulfide) groups is 2. The lowest BCUT2D eigenvalue weighted by Gasteiger charge is -2.07. The van der Waals surface area contributed by atoms with Crippen LogP contribution in [0.2, 0.25) is 0 Å². The summed E-state index contributed by atoms with van der Waals surface area (Å²) in [7, 11) is 0. The number of carbonyl (C=O) groups excluding carboxylic acids is 2. The molecule has 0 aliphatic heterocycles. The first kappa shape index (κ1) is 15.6. The summed E-state index contributed by atoms with van der Waals surface area (Å²) in [6, 6.07) is 0. The molecule has 2 amide bonds. The van der Waals surface area contributed by atoms with Crippen molar-refractivity contribution in [3.63, 3.8) is 0 Å². The highest BCUT2D eigenvalue weighted by atomic mass is 32.2. The van der Waals surface area contributed by atoms with E-state index in [1.807, 2.05) is 6.26 Å². The second-order valence-corrected chi connectivity index (χ2v) is 5.92. The number of rotatable bonds is 8. The molecule has 0 saturated carbocycles. The van der Waals surface area contributed by atoms with Gasteiger partial charge in [0.2, 0.25) is 11.8 Å². The van der Waals surface area contributed by atoms with Crippen LogP contribution in [0.4, 0.5) is 0 Å². The second-order valence-electron chi connectivity index (χ2n) is 3.49. The fourth-order valence-corrected chi connectivity index (χ4v) is 1.83. The molecule has 0 bridgehead atoms. The van der Waals surface area contributed by atoms with Crippen molar-refractivity contribution in [2.24, 2.45) is 0 Å². The summed E-state index contributed by atoms with van der Waals surface area (Å²) in [6.45, 7) is 5.11. The Morgan fingerprint density at radius 1 is 1.06 bits per heavy atom. The Labute approximate surface area is 106 Å². The van der Waals surface area contributed by atoms with Crippen molar-refractivity contribution in [1.29, 1.82) is 0 Å². The van der Waals surface area contributed by atoms with Crippen LogP contribution in [0.3, 0.4) is 0 Å². The lowest BCUT2D eigenvalue weighted by Crippen LogP contribution is -2.36. The lowest BCUT2D eigenvalue weighted by atomic mass is 10.5. The van der Waals surface area contributed by atoms with E-state index in [-0.39, 0.29) is 11.8 Å². The Bertz CT molecular complexity index is 223. The highest BCUT2D eigenvalue weighted by Gasteiger charge is 2.03. The first-order chi connectivity index (χ1) is 7.56. The van der Waals surface area contributed by atoms with E-state index in [4.69, 9.17) is 0 Å². The maximum Gasteiger partial charge on any atom is 0.230 e. The van der Waals surface area contributed by atoms with Crippen molar-refractivity contribution in [3.05, 3.63) is 0 Å². The van der Waals surface area contributed by atoms with Crippen LogP contribution >= 0.6 is 23.5 Å². The van der Waals surface area contributed by atoms with Crippen molar-refractivity contribution < 1.29 is 9.59 Å². The van der Waals surface area contributed by atoms with Crippen LogP contribution in [0.1, 0.15) is 13.8 Å². The Kier molecular flexibility index (Phi) is 9.62. The molecule has 0 aromatic heterocycles. The van der Waals surface area contributed by atoms with E-state index < -0.39 is 0 Å². The van der Waals surface area contributed by atoms with Crippen LogP contribution in [-0.2, 0) is 9.59 Å². The molecule has 4 nitrogen and oxygen atoms in total. The van der Waals surface area contributed by atoms with Crippen LogP contribution < -0.4 is 10.6 Å². The van der Waals surface area contributed by atoms with Gasteiger partial charge in [-0.3, -0.25) is 9.59 Å². The Morgan fingerprint density at radius 3 is 2.00 bits per heavy atom. The molecule has 0 spiro atoms. The van der Waals surface area contributed by atoms with Gasteiger partial charge < -0.3 is 10.6 Å². The third kappa shape index (κ3) is 10.2. The summed E-state index contributed by atoms with van der Waals surface area (Å²) >= 11 is 3.09. The summed E-state index contributed by atoms with van der Waals surface area (Å²) in [5.41, 5.74) is 0. The molecule has 0 aliphatic carbocycles. The largest absolute Gasteiger partial charge is 0.354 e. The van der Waals surface area contributed by atoms with Gasteiger partial charge >= 0.3 is 0 Å². The van der Waals surface area contributed by atoms with Crippen molar-refractivity contribution >= 4 is 35.3 Å². The molecule has 0 atom stereocenters. The summed E-state index contributed by atoms with van der Waals surface area (Å²) in [4.78, 5) is 22.3. The summed E-state index contributed by atoms with van der Waals surface area (Å²) in [5, 5.41) is 5.94. The van der Waals surface area contributed by atoms with E-state index in [9.17, 15) is 9.59 Å². The van der Waals surface area contributed by atoms with Crippen molar-refractivity contribution in [3.8, 4) is 0 Å². The van der Waals surface area contributed by atoms with E-state index >= 15 is 0 Å². The van der Waals surface area contributed by atoms with E-state index in [2.05, 4.69) is 24.5 Å². The van der Waals surface area contributed by atoms with Gasteiger partial charge in [0.1, 0.15) is 0 Å². The normalized spacial score (nSPS) is 10.2. The van der Waals surface area contributed by atoms with Gasteiger partial charge in [0, 0.05) is 13.1 Å². The van der Waals surface area contributed by atoms with Crippen LogP contribution in [0.15, 0.2) is 0 Å². The molecule has 0 radical (unpaired) electrons. The number of hydrogen-bond donors (Lipinski definition) is 2. The minimum absolute atomic E-state index is 0.0123. The Hall–Kier alpha value is -0.360. The molecule has 0 aliphatic rings. The van der Waals surface area contributed by atoms with E-state index in [1.54, 1.807) is 11.8 Å². The van der Waals surface area contributed by atoms with Crippen molar-refractivity contribution in [2.45, 2.75) is 19.1 Å². The molecule has 0 saturated heterocycles.